The summed E-state index contributed by atoms with van der Waals surface area (Å²) in [6.07, 6.45) is 5.56. The summed E-state index contributed by atoms with van der Waals surface area (Å²) >= 11 is 0. The topological polar surface area (TPSA) is 4.93 Å². The van der Waals surface area contributed by atoms with Crippen molar-refractivity contribution < 1.29 is 0 Å². The van der Waals surface area contributed by atoms with Crippen LogP contribution in [0.4, 0.5) is 0 Å². The molecule has 0 fully saturated rings. The highest BCUT2D eigenvalue weighted by Gasteiger charge is 2.14. The van der Waals surface area contributed by atoms with Crippen molar-refractivity contribution in [3.63, 3.8) is 0 Å². The molecule has 16 heavy (non-hydrogen) atoms. The van der Waals surface area contributed by atoms with E-state index in [2.05, 4.69) is 61.0 Å². The molecule has 0 spiro atoms. The molecule has 3 rings (SSSR count). The Balaban J connectivity index is 2.04. The Labute approximate surface area is 96.0 Å². The molecule has 1 heterocycles. The molecule has 1 heteroatoms. The van der Waals surface area contributed by atoms with Gasteiger partial charge in [-0.2, -0.15) is 0 Å². The fourth-order valence-corrected chi connectivity index (χ4v) is 2.47. The molecular formula is C15H15N. The lowest BCUT2D eigenvalue weighted by atomic mass is 10.1. The van der Waals surface area contributed by atoms with E-state index in [-0.39, 0.29) is 0 Å². The van der Waals surface area contributed by atoms with Crippen LogP contribution >= 0.6 is 0 Å². The molecule has 0 saturated carbocycles. The zero-order valence-corrected chi connectivity index (χ0v) is 9.70. The maximum atomic E-state index is 2.30. The van der Waals surface area contributed by atoms with Crippen molar-refractivity contribution in [2.45, 2.75) is 20.3 Å². The van der Waals surface area contributed by atoms with Crippen LogP contribution in [0.5, 0.6) is 0 Å². The summed E-state index contributed by atoms with van der Waals surface area (Å²) in [5, 5.41) is 0. The summed E-state index contributed by atoms with van der Waals surface area (Å²) in [6.45, 7) is 4.31. The van der Waals surface area contributed by atoms with Gasteiger partial charge in [0.2, 0.25) is 0 Å². The Kier molecular flexibility index (Phi) is 2.00. The molecule has 1 aromatic carbocycles. The van der Waals surface area contributed by atoms with Crippen LogP contribution < -0.4 is 0 Å². The first-order valence-electron chi connectivity index (χ1n) is 5.68. The van der Waals surface area contributed by atoms with Crippen molar-refractivity contribution >= 4 is 11.8 Å². The van der Waals surface area contributed by atoms with E-state index in [1.165, 1.54) is 28.1 Å². The summed E-state index contributed by atoms with van der Waals surface area (Å²) in [5.41, 5.74) is 6.82. The Morgan fingerprint density at radius 2 is 1.94 bits per heavy atom. The van der Waals surface area contributed by atoms with Gasteiger partial charge in [0.25, 0.3) is 0 Å². The Morgan fingerprint density at radius 1 is 1.12 bits per heavy atom. The van der Waals surface area contributed by atoms with E-state index in [9.17, 15) is 0 Å². The van der Waals surface area contributed by atoms with Gasteiger partial charge in [-0.3, -0.25) is 0 Å². The van der Waals surface area contributed by atoms with Gasteiger partial charge in [0, 0.05) is 24.0 Å². The summed E-state index contributed by atoms with van der Waals surface area (Å²) in [5.74, 6) is 0. The first-order valence-corrected chi connectivity index (χ1v) is 5.68. The summed E-state index contributed by atoms with van der Waals surface area (Å²) in [6, 6.07) is 10.8. The van der Waals surface area contributed by atoms with E-state index in [0.29, 0.717) is 0 Å². The van der Waals surface area contributed by atoms with Gasteiger partial charge in [-0.15, -0.1) is 0 Å². The Bertz CT molecular complexity index is 573. The minimum absolute atomic E-state index is 1.05. The number of rotatable bonds is 1. The fourth-order valence-electron chi connectivity index (χ4n) is 2.47. The maximum absolute atomic E-state index is 2.30. The predicted molar refractivity (Wildman–Crippen MR) is 68.2 cm³/mol. The summed E-state index contributed by atoms with van der Waals surface area (Å²) in [4.78, 5) is 0. The number of benzene rings is 1. The van der Waals surface area contributed by atoms with Gasteiger partial charge >= 0.3 is 0 Å². The first-order chi connectivity index (χ1) is 7.74. The second kappa shape index (κ2) is 3.38. The number of fused-ring (bicyclic) bond motifs is 1. The second-order valence-electron chi connectivity index (χ2n) is 4.54. The smallest absolute Gasteiger partial charge is 0.0273 e. The second-order valence-corrected chi connectivity index (χ2v) is 4.54. The van der Waals surface area contributed by atoms with E-state index >= 15 is 0 Å². The van der Waals surface area contributed by atoms with E-state index < -0.39 is 0 Å². The van der Waals surface area contributed by atoms with Gasteiger partial charge in [0.15, 0.2) is 0 Å². The molecule has 0 unspecified atom stereocenters. The normalized spacial score (nSPS) is 13.8. The third-order valence-corrected chi connectivity index (χ3v) is 3.21. The van der Waals surface area contributed by atoms with Crippen LogP contribution in [-0.2, 0) is 6.42 Å². The molecule has 1 aromatic heterocycles. The number of nitrogens with zero attached hydrogens (tertiary/aromatic N) is 1. The Hall–Kier alpha value is -1.76. The fraction of sp³-hybridized carbons (Fsp3) is 0.200. The van der Waals surface area contributed by atoms with Gasteiger partial charge in [-0.25, -0.2) is 0 Å². The monoisotopic (exact) mass is 209 g/mol. The number of hydrogen-bond donors (Lipinski definition) is 0. The van der Waals surface area contributed by atoms with Crippen molar-refractivity contribution in [1.29, 1.82) is 0 Å². The van der Waals surface area contributed by atoms with Crippen molar-refractivity contribution in [3.8, 4) is 0 Å². The molecule has 1 nitrogen and oxygen atoms in total. The first kappa shape index (κ1) is 9.46. The van der Waals surface area contributed by atoms with Crippen molar-refractivity contribution in [2.24, 2.45) is 0 Å². The lowest BCUT2D eigenvalue weighted by molar-refractivity contribution is 1.01. The number of allylic oxidation sites excluding steroid dienone is 1. The third kappa shape index (κ3) is 1.40. The van der Waals surface area contributed by atoms with Crippen LogP contribution in [0.1, 0.15) is 22.4 Å². The molecule has 0 amide bonds. The largest absolute Gasteiger partial charge is 0.324 e. The Morgan fingerprint density at radius 3 is 2.62 bits per heavy atom. The van der Waals surface area contributed by atoms with Gasteiger partial charge < -0.3 is 4.57 Å². The SMILES string of the molecule is Cc1cc(C)n(C2=Cc3ccccc3C2)c1. The minimum Gasteiger partial charge on any atom is -0.324 e. The molecule has 0 bridgehead atoms. The van der Waals surface area contributed by atoms with E-state index in [1.54, 1.807) is 0 Å². The van der Waals surface area contributed by atoms with E-state index in [0.717, 1.165) is 6.42 Å². The highest BCUT2D eigenvalue weighted by Crippen LogP contribution is 2.29. The number of aryl methyl sites for hydroxylation is 2. The molecular weight excluding hydrogens is 194 g/mol. The molecule has 0 atom stereocenters. The lowest BCUT2D eigenvalue weighted by Crippen LogP contribution is -1.96. The van der Waals surface area contributed by atoms with E-state index in [1.807, 2.05) is 0 Å². The van der Waals surface area contributed by atoms with Crippen LogP contribution in [0, 0.1) is 13.8 Å². The van der Waals surface area contributed by atoms with Crippen LogP contribution in [0.3, 0.4) is 0 Å². The van der Waals surface area contributed by atoms with Crippen molar-refractivity contribution in [1.82, 2.24) is 4.57 Å². The van der Waals surface area contributed by atoms with Gasteiger partial charge in [0.1, 0.15) is 0 Å². The summed E-state index contributed by atoms with van der Waals surface area (Å²) in [7, 11) is 0. The highest BCUT2D eigenvalue weighted by molar-refractivity contribution is 5.80. The number of aromatic nitrogens is 1. The maximum Gasteiger partial charge on any atom is 0.0273 e. The summed E-state index contributed by atoms with van der Waals surface area (Å²) < 4.78 is 2.30. The molecule has 0 radical (unpaired) electrons. The molecule has 1 aliphatic carbocycles. The average Bonchev–Trinajstić information content (AvgIpc) is 2.81. The number of hydrogen-bond acceptors (Lipinski definition) is 0. The average molecular weight is 209 g/mol. The van der Waals surface area contributed by atoms with Crippen LogP contribution in [0.25, 0.3) is 11.8 Å². The zero-order valence-electron chi connectivity index (χ0n) is 9.70. The van der Waals surface area contributed by atoms with Gasteiger partial charge in [-0.1, -0.05) is 24.3 Å². The third-order valence-electron chi connectivity index (χ3n) is 3.21. The van der Waals surface area contributed by atoms with Crippen LogP contribution in [0.15, 0.2) is 36.5 Å². The standard InChI is InChI=1S/C15H15N/c1-11-7-12(2)16(10-11)15-8-13-5-3-4-6-14(13)9-15/h3-8,10H,9H2,1-2H3. The lowest BCUT2D eigenvalue weighted by Gasteiger charge is -2.06. The van der Waals surface area contributed by atoms with Crippen LogP contribution in [0.2, 0.25) is 0 Å². The van der Waals surface area contributed by atoms with Gasteiger partial charge in [0.05, 0.1) is 0 Å². The molecule has 2 aromatic rings. The molecule has 0 aliphatic heterocycles. The predicted octanol–water partition coefficient (Wildman–Crippen LogP) is 3.66. The van der Waals surface area contributed by atoms with Crippen molar-refractivity contribution in [2.75, 3.05) is 0 Å². The quantitative estimate of drug-likeness (QED) is 0.675. The molecule has 80 valence electrons. The van der Waals surface area contributed by atoms with E-state index in [4.69, 9.17) is 0 Å². The zero-order chi connectivity index (χ0) is 11.1. The molecule has 0 N–H and O–H groups in total. The molecule has 1 aliphatic rings. The van der Waals surface area contributed by atoms with Crippen LogP contribution in [-0.4, -0.2) is 4.57 Å². The van der Waals surface area contributed by atoms with Gasteiger partial charge in [-0.05, 0) is 42.7 Å². The minimum atomic E-state index is 1.05. The highest BCUT2D eigenvalue weighted by atomic mass is 15.0. The van der Waals surface area contributed by atoms with Crippen molar-refractivity contribution in [3.05, 3.63) is 58.9 Å². The molecule has 0 saturated heterocycles.